The molecule has 1 aromatic rings. The number of rotatable bonds is 5. The molecule has 6 heteroatoms. The molecule has 23 heavy (non-hydrogen) atoms. The molecule has 1 saturated heterocycles. The second-order valence-electron chi connectivity index (χ2n) is 6.88. The van der Waals surface area contributed by atoms with Crippen LogP contribution in [0.25, 0.3) is 0 Å². The number of carbonyl (C=O) groups is 1. The molecular formula is C17H26N2O4. The van der Waals surface area contributed by atoms with Crippen LogP contribution in [0.2, 0.25) is 0 Å². The van der Waals surface area contributed by atoms with E-state index >= 15 is 0 Å². The van der Waals surface area contributed by atoms with Gasteiger partial charge in [0.05, 0.1) is 6.61 Å². The van der Waals surface area contributed by atoms with Crippen molar-refractivity contribution in [3.05, 3.63) is 17.0 Å². The lowest BCUT2D eigenvalue weighted by molar-refractivity contribution is -0.0614. The molecule has 2 aliphatic rings. The van der Waals surface area contributed by atoms with E-state index in [1.54, 1.807) is 0 Å². The van der Waals surface area contributed by atoms with Crippen molar-refractivity contribution in [1.29, 1.82) is 0 Å². The van der Waals surface area contributed by atoms with Crippen molar-refractivity contribution in [2.24, 2.45) is 5.92 Å². The lowest BCUT2D eigenvalue weighted by atomic mass is 9.96. The third kappa shape index (κ3) is 4.12. The Balaban J connectivity index is 1.52. The Morgan fingerprint density at radius 1 is 1.39 bits per heavy atom. The van der Waals surface area contributed by atoms with Gasteiger partial charge in [0, 0.05) is 31.6 Å². The van der Waals surface area contributed by atoms with Gasteiger partial charge in [-0.1, -0.05) is 19.0 Å². The maximum atomic E-state index is 12.3. The van der Waals surface area contributed by atoms with E-state index in [0.717, 1.165) is 56.6 Å². The molecule has 0 aromatic carbocycles. The Hall–Kier alpha value is -1.40. The average molecular weight is 322 g/mol. The Morgan fingerprint density at radius 2 is 2.22 bits per heavy atom. The summed E-state index contributed by atoms with van der Waals surface area (Å²) >= 11 is 0. The van der Waals surface area contributed by atoms with Crippen LogP contribution < -0.4 is 0 Å². The highest BCUT2D eigenvalue weighted by atomic mass is 16.6. The van der Waals surface area contributed by atoms with Crippen LogP contribution in [0.3, 0.4) is 0 Å². The molecule has 0 saturated carbocycles. The van der Waals surface area contributed by atoms with Crippen LogP contribution in [-0.2, 0) is 22.3 Å². The fraction of sp³-hybridized carbons (Fsp3) is 0.765. The van der Waals surface area contributed by atoms with Gasteiger partial charge >= 0.3 is 5.97 Å². The van der Waals surface area contributed by atoms with Crippen molar-refractivity contribution in [3.63, 3.8) is 0 Å². The van der Waals surface area contributed by atoms with E-state index in [4.69, 9.17) is 14.0 Å². The summed E-state index contributed by atoms with van der Waals surface area (Å²) in [7, 11) is 0. The minimum atomic E-state index is -0.388. The van der Waals surface area contributed by atoms with E-state index in [0.29, 0.717) is 18.2 Å². The molecule has 2 heterocycles. The van der Waals surface area contributed by atoms with Gasteiger partial charge in [0.15, 0.2) is 5.69 Å². The van der Waals surface area contributed by atoms with Crippen LogP contribution >= 0.6 is 0 Å². The molecule has 1 atom stereocenters. The van der Waals surface area contributed by atoms with Crippen LogP contribution in [0.1, 0.15) is 48.5 Å². The Labute approximate surface area is 137 Å². The predicted molar refractivity (Wildman–Crippen MR) is 84.4 cm³/mol. The van der Waals surface area contributed by atoms with Crippen molar-refractivity contribution in [3.8, 4) is 0 Å². The molecule has 6 nitrogen and oxygen atoms in total. The average Bonchev–Trinajstić information content (AvgIpc) is 2.96. The molecular weight excluding hydrogens is 296 g/mol. The van der Waals surface area contributed by atoms with E-state index in [1.807, 2.05) is 0 Å². The van der Waals surface area contributed by atoms with E-state index in [-0.39, 0.29) is 18.7 Å². The molecule has 1 fully saturated rings. The number of nitrogens with zero attached hydrogens (tertiary/aromatic N) is 2. The SMILES string of the molecule is CC(C)CN1CCO[C@H](COC(=O)c2noc3c2CCCC3)C1. The summed E-state index contributed by atoms with van der Waals surface area (Å²) in [6.45, 7) is 8.17. The minimum absolute atomic E-state index is 0.0609. The Morgan fingerprint density at radius 3 is 3.04 bits per heavy atom. The summed E-state index contributed by atoms with van der Waals surface area (Å²) in [6, 6.07) is 0. The largest absolute Gasteiger partial charge is 0.458 e. The van der Waals surface area contributed by atoms with E-state index in [9.17, 15) is 4.79 Å². The highest BCUT2D eigenvalue weighted by Crippen LogP contribution is 2.24. The number of esters is 1. The number of hydrogen-bond donors (Lipinski definition) is 0. The maximum absolute atomic E-state index is 12.3. The van der Waals surface area contributed by atoms with Crippen molar-refractivity contribution in [2.75, 3.05) is 32.8 Å². The van der Waals surface area contributed by atoms with Gasteiger partial charge in [0.1, 0.15) is 18.5 Å². The molecule has 0 radical (unpaired) electrons. The number of aryl methyl sites for hydroxylation is 1. The van der Waals surface area contributed by atoms with Gasteiger partial charge in [-0.05, 0) is 25.2 Å². The van der Waals surface area contributed by atoms with Crippen LogP contribution in [0.5, 0.6) is 0 Å². The zero-order valence-corrected chi connectivity index (χ0v) is 14.0. The third-order valence-electron chi connectivity index (χ3n) is 4.39. The molecule has 0 unspecified atom stereocenters. The first-order valence-corrected chi connectivity index (χ1v) is 8.62. The normalized spacial score (nSPS) is 22.1. The van der Waals surface area contributed by atoms with Crippen molar-refractivity contribution >= 4 is 5.97 Å². The van der Waals surface area contributed by atoms with Gasteiger partial charge in [-0.25, -0.2) is 4.79 Å². The Bertz CT molecular complexity index is 541. The number of aromatic nitrogens is 1. The van der Waals surface area contributed by atoms with Gasteiger partial charge < -0.3 is 14.0 Å². The number of fused-ring (bicyclic) bond motifs is 1. The van der Waals surface area contributed by atoms with Gasteiger partial charge in [-0.3, -0.25) is 4.90 Å². The summed E-state index contributed by atoms with van der Waals surface area (Å²) < 4.78 is 16.4. The summed E-state index contributed by atoms with van der Waals surface area (Å²) in [5, 5.41) is 3.92. The second-order valence-corrected chi connectivity index (χ2v) is 6.88. The second kappa shape index (κ2) is 7.45. The molecule has 1 aliphatic carbocycles. The molecule has 0 N–H and O–H groups in total. The van der Waals surface area contributed by atoms with Crippen LogP contribution in [-0.4, -0.2) is 55.0 Å². The van der Waals surface area contributed by atoms with E-state index in [2.05, 4.69) is 23.9 Å². The summed E-state index contributed by atoms with van der Waals surface area (Å²) in [5.74, 6) is 1.08. The zero-order chi connectivity index (χ0) is 16.2. The first-order valence-electron chi connectivity index (χ1n) is 8.62. The summed E-state index contributed by atoms with van der Waals surface area (Å²) in [4.78, 5) is 14.6. The lowest BCUT2D eigenvalue weighted by Gasteiger charge is -2.33. The first kappa shape index (κ1) is 16.5. The first-order chi connectivity index (χ1) is 11.1. The van der Waals surface area contributed by atoms with Gasteiger partial charge in [0.2, 0.25) is 0 Å². The van der Waals surface area contributed by atoms with E-state index in [1.165, 1.54) is 0 Å². The van der Waals surface area contributed by atoms with Crippen LogP contribution in [0.15, 0.2) is 4.52 Å². The predicted octanol–water partition coefficient (Wildman–Crippen LogP) is 2.07. The molecule has 0 amide bonds. The quantitative estimate of drug-likeness (QED) is 0.773. The maximum Gasteiger partial charge on any atom is 0.360 e. The monoisotopic (exact) mass is 322 g/mol. The smallest absolute Gasteiger partial charge is 0.360 e. The van der Waals surface area contributed by atoms with Crippen LogP contribution in [0, 0.1) is 5.92 Å². The van der Waals surface area contributed by atoms with Crippen LogP contribution in [0.4, 0.5) is 0 Å². The Kier molecular flexibility index (Phi) is 5.33. The standard InChI is InChI=1S/C17H26N2O4/c1-12(2)9-19-7-8-21-13(10-19)11-22-17(20)16-14-5-3-4-6-15(14)23-18-16/h12-13H,3-11H2,1-2H3/t13-/m0/s1. The van der Waals surface area contributed by atoms with Crippen molar-refractivity contribution in [2.45, 2.75) is 45.6 Å². The molecule has 1 aliphatic heterocycles. The van der Waals surface area contributed by atoms with Crippen molar-refractivity contribution in [1.82, 2.24) is 10.1 Å². The topological polar surface area (TPSA) is 64.8 Å². The fourth-order valence-corrected chi connectivity index (χ4v) is 3.35. The van der Waals surface area contributed by atoms with Gasteiger partial charge in [-0.2, -0.15) is 0 Å². The molecule has 128 valence electrons. The summed E-state index contributed by atoms with van der Waals surface area (Å²) in [5.41, 5.74) is 1.29. The van der Waals surface area contributed by atoms with E-state index < -0.39 is 0 Å². The molecule has 3 rings (SSSR count). The number of morpholine rings is 1. The fourth-order valence-electron chi connectivity index (χ4n) is 3.35. The highest BCUT2D eigenvalue weighted by molar-refractivity contribution is 5.89. The lowest BCUT2D eigenvalue weighted by Crippen LogP contribution is -2.45. The van der Waals surface area contributed by atoms with Crippen molar-refractivity contribution < 1.29 is 18.8 Å². The number of hydrogen-bond acceptors (Lipinski definition) is 6. The third-order valence-corrected chi connectivity index (χ3v) is 4.39. The zero-order valence-electron chi connectivity index (χ0n) is 14.0. The highest BCUT2D eigenvalue weighted by Gasteiger charge is 2.27. The van der Waals surface area contributed by atoms with Gasteiger partial charge in [-0.15, -0.1) is 0 Å². The number of ether oxygens (including phenoxy) is 2. The molecule has 0 spiro atoms. The molecule has 0 bridgehead atoms. The minimum Gasteiger partial charge on any atom is -0.458 e. The summed E-state index contributed by atoms with van der Waals surface area (Å²) in [6.07, 6.45) is 3.83. The number of carbonyl (C=O) groups excluding carboxylic acids is 1. The van der Waals surface area contributed by atoms with Gasteiger partial charge in [0.25, 0.3) is 0 Å². The molecule has 1 aromatic heterocycles.